The van der Waals surface area contributed by atoms with Crippen LogP contribution in [0.3, 0.4) is 0 Å². The number of benzene rings is 7. The van der Waals surface area contributed by atoms with Crippen molar-refractivity contribution < 1.29 is 0 Å². The van der Waals surface area contributed by atoms with E-state index in [4.69, 9.17) is 0 Å². The third-order valence-electron chi connectivity index (χ3n) is 9.62. The van der Waals surface area contributed by atoms with Crippen LogP contribution in [0.25, 0.3) is 0 Å². The molecule has 0 heterocycles. The van der Waals surface area contributed by atoms with Gasteiger partial charge in [-0.1, -0.05) is 0 Å². The first-order valence-electron chi connectivity index (χ1n) is 16.1. The molecule has 0 saturated heterocycles. The van der Waals surface area contributed by atoms with E-state index in [-0.39, 0.29) is 0 Å². The van der Waals surface area contributed by atoms with Gasteiger partial charge in [0.05, 0.1) is 0 Å². The van der Waals surface area contributed by atoms with Crippen LogP contribution in [-0.4, -0.2) is 26.5 Å². The van der Waals surface area contributed by atoms with Gasteiger partial charge in [0.1, 0.15) is 0 Å². The van der Waals surface area contributed by atoms with Gasteiger partial charge in [-0.05, 0) is 0 Å². The topological polar surface area (TPSA) is 0 Å². The standard InChI is InChI=1S/C44H38Ge2/c1-35-33-44(46(40-27-15-6-16-28-40,41-29-17-7-18-30-41)42-31-19-8-20-32-42)36(2)34-43(35)45(37-21-9-3-10-22-37,38-23-11-4-12-24-38)39-25-13-5-14-26-39/h3-34H,1-2H3. The molecular formula is C44H38Ge2. The Balaban J connectivity index is 1.60. The van der Waals surface area contributed by atoms with Crippen molar-refractivity contribution in [3.05, 3.63) is 205 Å². The molecule has 0 aromatic heterocycles. The number of aryl methyl sites for hydroxylation is 2. The Morgan fingerprint density at radius 3 is 0.609 bits per heavy atom. The summed E-state index contributed by atoms with van der Waals surface area (Å²) in [6.07, 6.45) is 0. The van der Waals surface area contributed by atoms with Crippen molar-refractivity contribution in [1.29, 1.82) is 0 Å². The van der Waals surface area contributed by atoms with Crippen LogP contribution >= 0.6 is 0 Å². The van der Waals surface area contributed by atoms with Gasteiger partial charge in [0.15, 0.2) is 0 Å². The van der Waals surface area contributed by atoms with Gasteiger partial charge >= 0.3 is 281 Å². The molecule has 0 aliphatic carbocycles. The fourth-order valence-electron chi connectivity index (χ4n) is 7.69. The Labute approximate surface area is 279 Å². The molecule has 0 atom stereocenters. The number of hydrogen-bond acceptors (Lipinski definition) is 0. The molecule has 222 valence electrons. The maximum absolute atomic E-state index is 3.44. The van der Waals surface area contributed by atoms with E-state index in [2.05, 4.69) is 208 Å². The fourth-order valence-corrected chi connectivity index (χ4v) is 29.1. The number of rotatable bonds is 8. The average Bonchev–Trinajstić information content (AvgIpc) is 3.13. The zero-order valence-corrected chi connectivity index (χ0v) is 30.7. The second-order valence-corrected chi connectivity index (χ2v) is 28.0. The SMILES string of the molecule is Cc1c[c]([Ge]([c]2ccccc2)([c]2ccccc2)[c]2ccccc2)c(C)c[c]1[Ge]([c]1ccccc1)([c]1ccccc1)[c]1ccccc1. The molecule has 0 saturated carbocycles. The van der Waals surface area contributed by atoms with Crippen molar-refractivity contribution in [2.24, 2.45) is 0 Å². The van der Waals surface area contributed by atoms with Crippen molar-refractivity contribution in [1.82, 2.24) is 0 Å². The first kappa shape index (κ1) is 30.3. The van der Waals surface area contributed by atoms with E-state index in [0.29, 0.717) is 0 Å². The molecule has 7 aromatic carbocycles. The van der Waals surface area contributed by atoms with E-state index in [9.17, 15) is 0 Å². The summed E-state index contributed by atoms with van der Waals surface area (Å²) >= 11 is -6.88. The monoisotopic (exact) mass is 714 g/mol. The quantitative estimate of drug-likeness (QED) is 0.194. The second kappa shape index (κ2) is 13.2. The first-order chi connectivity index (χ1) is 22.7. The maximum atomic E-state index is 2.60. The Hall–Kier alpha value is -4.37. The van der Waals surface area contributed by atoms with Crippen molar-refractivity contribution in [3.63, 3.8) is 0 Å². The van der Waals surface area contributed by atoms with E-state index >= 15 is 0 Å². The predicted molar refractivity (Wildman–Crippen MR) is 203 cm³/mol. The Bertz CT molecular complexity index is 1680. The summed E-state index contributed by atoms with van der Waals surface area (Å²) in [5.74, 6) is 0. The molecule has 2 heteroatoms. The molecule has 0 aliphatic rings. The summed E-state index contributed by atoms with van der Waals surface area (Å²) in [5, 5.41) is 0. The average molecular weight is 712 g/mol. The molecule has 0 spiro atoms. The van der Waals surface area contributed by atoms with Crippen LogP contribution in [0.1, 0.15) is 11.1 Å². The summed E-state index contributed by atoms with van der Waals surface area (Å²) < 4.78 is 11.8. The first-order valence-corrected chi connectivity index (χ1v) is 24.5. The van der Waals surface area contributed by atoms with Gasteiger partial charge in [-0.15, -0.1) is 0 Å². The minimum atomic E-state index is -3.44. The molecule has 0 N–H and O–H groups in total. The molecule has 0 radical (unpaired) electrons. The molecule has 0 unspecified atom stereocenters. The van der Waals surface area contributed by atoms with E-state index in [1.54, 1.807) is 0 Å². The summed E-state index contributed by atoms with van der Waals surface area (Å²) in [6, 6.07) is 73.3. The molecule has 0 fully saturated rings. The third-order valence-corrected chi connectivity index (χ3v) is 30.4. The molecule has 46 heavy (non-hydrogen) atoms. The van der Waals surface area contributed by atoms with E-state index in [1.807, 2.05) is 0 Å². The van der Waals surface area contributed by atoms with E-state index in [0.717, 1.165) is 0 Å². The molecule has 7 aromatic rings. The molecule has 0 aliphatic heterocycles. The van der Waals surface area contributed by atoms with Crippen LogP contribution in [-0.2, 0) is 0 Å². The van der Waals surface area contributed by atoms with Crippen molar-refractivity contribution in [2.75, 3.05) is 0 Å². The Morgan fingerprint density at radius 2 is 0.435 bits per heavy atom. The molecular weight excluding hydrogens is 674 g/mol. The van der Waals surface area contributed by atoms with E-state index < -0.39 is 26.5 Å². The second-order valence-electron chi connectivity index (χ2n) is 12.2. The summed E-state index contributed by atoms with van der Waals surface area (Å²) in [5.41, 5.74) is 2.77. The van der Waals surface area contributed by atoms with Crippen LogP contribution in [0, 0.1) is 13.8 Å². The molecule has 0 amide bonds. The van der Waals surface area contributed by atoms with Gasteiger partial charge in [0.25, 0.3) is 0 Å². The minimum absolute atomic E-state index is 1.38. The Morgan fingerprint density at radius 1 is 0.261 bits per heavy atom. The van der Waals surface area contributed by atoms with Gasteiger partial charge in [-0.25, -0.2) is 0 Å². The summed E-state index contributed by atoms with van der Waals surface area (Å²) in [4.78, 5) is 0. The summed E-state index contributed by atoms with van der Waals surface area (Å²) in [7, 11) is 0. The zero-order valence-electron chi connectivity index (χ0n) is 26.5. The van der Waals surface area contributed by atoms with Gasteiger partial charge in [0, 0.05) is 0 Å². The van der Waals surface area contributed by atoms with Gasteiger partial charge in [0.2, 0.25) is 0 Å². The van der Waals surface area contributed by atoms with Crippen LogP contribution in [0.5, 0.6) is 0 Å². The fraction of sp³-hybridized carbons (Fsp3) is 0.0455. The van der Waals surface area contributed by atoms with Crippen molar-refractivity contribution >= 4 is 61.7 Å². The van der Waals surface area contributed by atoms with Crippen LogP contribution in [0.15, 0.2) is 194 Å². The number of hydrogen-bond donors (Lipinski definition) is 0. The molecule has 0 nitrogen and oxygen atoms in total. The van der Waals surface area contributed by atoms with Crippen molar-refractivity contribution in [3.8, 4) is 0 Å². The van der Waals surface area contributed by atoms with Crippen LogP contribution in [0.4, 0.5) is 0 Å². The van der Waals surface area contributed by atoms with Gasteiger partial charge < -0.3 is 0 Å². The molecule has 7 rings (SSSR count). The zero-order chi connectivity index (χ0) is 31.4. The summed E-state index contributed by atoms with van der Waals surface area (Å²) in [6.45, 7) is 4.75. The van der Waals surface area contributed by atoms with Gasteiger partial charge in [-0.2, -0.15) is 0 Å². The van der Waals surface area contributed by atoms with E-state index in [1.165, 1.54) is 46.3 Å². The Kier molecular flexibility index (Phi) is 8.66. The third kappa shape index (κ3) is 5.10. The van der Waals surface area contributed by atoms with Gasteiger partial charge in [-0.3, -0.25) is 0 Å². The predicted octanol–water partition coefficient (Wildman–Crippen LogP) is 5.06. The normalized spacial score (nSPS) is 11.7. The molecule has 0 bridgehead atoms. The van der Waals surface area contributed by atoms with Crippen LogP contribution < -0.4 is 35.2 Å². The van der Waals surface area contributed by atoms with Crippen molar-refractivity contribution in [2.45, 2.75) is 13.8 Å². The van der Waals surface area contributed by atoms with Crippen LogP contribution in [0.2, 0.25) is 0 Å².